The third-order valence-corrected chi connectivity index (χ3v) is 6.91. The van der Waals surface area contributed by atoms with E-state index in [0.29, 0.717) is 25.9 Å². The van der Waals surface area contributed by atoms with Gasteiger partial charge in [0.1, 0.15) is 18.1 Å². The molecule has 5 rings (SSSR count). The van der Waals surface area contributed by atoms with Crippen molar-refractivity contribution in [1.82, 2.24) is 4.90 Å². The molecule has 2 heterocycles. The Balaban J connectivity index is 1.39. The topological polar surface area (TPSA) is 34.2 Å². The molecule has 0 N–H and O–H groups in total. The Morgan fingerprint density at radius 1 is 0.941 bits per heavy atom. The second kappa shape index (κ2) is 10.9. The molecule has 178 valence electrons. The molecule has 2 aliphatic rings. The maximum atomic E-state index is 6.28. The van der Waals surface area contributed by atoms with Crippen molar-refractivity contribution in [3.8, 4) is 11.5 Å². The smallest absolute Gasteiger partial charge is 0.142 e. The van der Waals surface area contributed by atoms with E-state index >= 15 is 0 Å². The number of ether oxygens (including phenoxy) is 3. The zero-order valence-electron chi connectivity index (χ0n) is 19.9. The predicted octanol–water partition coefficient (Wildman–Crippen LogP) is 5.32. The fraction of sp³-hybridized carbons (Fsp3) is 0.379. The molecule has 3 aromatic rings. The molecule has 2 unspecified atom stereocenters. The van der Waals surface area contributed by atoms with E-state index in [-0.39, 0.29) is 6.04 Å². The zero-order chi connectivity index (χ0) is 23.2. The summed E-state index contributed by atoms with van der Waals surface area (Å²) in [6.07, 6.45) is 2.52. The van der Waals surface area contributed by atoms with Crippen LogP contribution in [0.25, 0.3) is 0 Å². The van der Waals surface area contributed by atoms with Crippen LogP contribution in [-0.4, -0.2) is 50.9 Å². The minimum Gasteiger partial charge on any atom is -0.497 e. The summed E-state index contributed by atoms with van der Waals surface area (Å²) in [6, 6.07) is 27.6. The fourth-order valence-electron chi connectivity index (χ4n) is 5.09. The summed E-state index contributed by atoms with van der Waals surface area (Å²) in [4.78, 5) is 5.12. The molecule has 0 aliphatic carbocycles. The summed E-state index contributed by atoms with van der Waals surface area (Å²) in [5, 5.41) is 0. The third-order valence-electron chi connectivity index (χ3n) is 6.91. The van der Waals surface area contributed by atoms with E-state index in [0.717, 1.165) is 36.8 Å². The lowest BCUT2D eigenvalue weighted by molar-refractivity contribution is 0.0599. The zero-order valence-corrected chi connectivity index (χ0v) is 19.9. The second-order valence-electron chi connectivity index (χ2n) is 9.12. The van der Waals surface area contributed by atoms with Crippen molar-refractivity contribution in [2.75, 3.05) is 44.9 Å². The number of likely N-dealkylation sites (tertiary alicyclic amines) is 1. The Morgan fingerprint density at radius 3 is 2.56 bits per heavy atom. The quantitative estimate of drug-likeness (QED) is 0.434. The normalized spacial score (nSPS) is 18.9. The monoisotopic (exact) mass is 458 g/mol. The van der Waals surface area contributed by atoms with Gasteiger partial charge in [-0.25, -0.2) is 0 Å². The molecule has 5 nitrogen and oxygen atoms in total. The molecule has 0 bridgehead atoms. The van der Waals surface area contributed by atoms with Crippen LogP contribution in [0.15, 0.2) is 78.9 Å². The molecule has 34 heavy (non-hydrogen) atoms. The van der Waals surface area contributed by atoms with Gasteiger partial charge in [0.2, 0.25) is 0 Å². The van der Waals surface area contributed by atoms with Crippen LogP contribution in [-0.2, 0) is 11.3 Å². The highest BCUT2D eigenvalue weighted by Gasteiger charge is 2.33. The molecule has 5 heteroatoms. The van der Waals surface area contributed by atoms with Crippen LogP contribution < -0.4 is 14.4 Å². The first kappa shape index (κ1) is 22.8. The fourth-order valence-corrected chi connectivity index (χ4v) is 5.09. The van der Waals surface area contributed by atoms with E-state index in [1.807, 2.05) is 18.2 Å². The summed E-state index contributed by atoms with van der Waals surface area (Å²) in [5.41, 5.74) is 3.57. The van der Waals surface area contributed by atoms with Gasteiger partial charge in [0.05, 0.1) is 38.1 Å². The molecule has 0 saturated carbocycles. The standard InChI is InChI=1S/C29H34N2O3/c1-32-26-13-9-12-24(18-26)28-22-34-29-15-6-5-14-27(29)31(28)19-25(30-16-7-8-17-30)21-33-20-23-10-3-2-4-11-23/h2-6,9-15,18,25,28H,7-8,16-17,19-22H2,1H3. The van der Waals surface area contributed by atoms with Crippen LogP contribution in [0.2, 0.25) is 0 Å². The number of nitrogens with zero attached hydrogens (tertiary/aromatic N) is 2. The van der Waals surface area contributed by atoms with E-state index in [1.54, 1.807) is 7.11 Å². The molecule has 2 aliphatic heterocycles. The second-order valence-corrected chi connectivity index (χ2v) is 9.12. The molecule has 0 aromatic heterocycles. The first-order valence-corrected chi connectivity index (χ1v) is 12.3. The van der Waals surface area contributed by atoms with Gasteiger partial charge < -0.3 is 19.1 Å². The van der Waals surface area contributed by atoms with Crippen molar-refractivity contribution in [3.05, 3.63) is 90.0 Å². The van der Waals surface area contributed by atoms with Crippen molar-refractivity contribution >= 4 is 5.69 Å². The van der Waals surface area contributed by atoms with Crippen LogP contribution in [0.4, 0.5) is 5.69 Å². The molecular weight excluding hydrogens is 424 g/mol. The third kappa shape index (κ3) is 5.21. The van der Waals surface area contributed by atoms with Gasteiger partial charge in [-0.2, -0.15) is 0 Å². The number of hydrogen-bond acceptors (Lipinski definition) is 5. The lowest BCUT2D eigenvalue weighted by Crippen LogP contribution is -2.48. The van der Waals surface area contributed by atoms with Gasteiger partial charge >= 0.3 is 0 Å². The Bertz CT molecular complexity index is 1050. The number of anilines is 1. The molecule has 1 fully saturated rings. The highest BCUT2D eigenvalue weighted by atomic mass is 16.5. The SMILES string of the molecule is COc1cccc(C2COc3ccccc3N2CC(COCc2ccccc2)N2CCCC2)c1. The molecule has 0 radical (unpaired) electrons. The lowest BCUT2D eigenvalue weighted by atomic mass is 10.0. The summed E-state index contributed by atoms with van der Waals surface area (Å²) < 4.78 is 18.0. The van der Waals surface area contributed by atoms with Crippen LogP contribution >= 0.6 is 0 Å². The van der Waals surface area contributed by atoms with Crippen molar-refractivity contribution in [3.63, 3.8) is 0 Å². The van der Waals surface area contributed by atoms with E-state index < -0.39 is 0 Å². The predicted molar refractivity (Wildman–Crippen MR) is 136 cm³/mol. The number of fused-ring (bicyclic) bond motifs is 1. The number of methoxy groups -OCH3 is 1. The summed E-state index contributed by atoms with van der Waals surface area (Å²) in [5.74, 6) is 1.82. The Hall–Kier alpha value is -3.02. The number of para-hydroxylation sites is 2. The van der Waals surface area contributed by atoms with Gasteiger partial charge in [-0.05, 0) is 61.3 Å². The average Bonchev–Trinajstić information content (AvgIpc) is 3.44. The van der Waals surface area contributed by atoms with E-state index in [1.165, 1.54) is 24.0 Å². The van der Waals surface area contributed by atoms with Gasteiger partial charge in [-0.3, -0.25) is 4.90 Å². The molecule has 3 aromatic carbocycles. The van der Waals surface area contributed by atoms with Gasteiger partial charge in [0.25, 0.3) is 0 Å². The van der Waals surface area contributed by atoms with Crippen LogP contribution in [0.5, 0.6) is 11.5 Å². The molecule has 0 amide bonds. The first-order valence-electron chi connectivity index (χ1n) is 12.3. The van der Waals surface area contributed by atoms with Crippen molar-refractivity contribution in [1.29, 1.82) is 0 Å². The Labute approximate surface area is 202 Å². The minimum absolute atomic E-state index is 0.115. The highest BCUT2D eigenvalue weighted by molar-refractivity contribution is 5.62. The van der Waals surface area contributed by atoms with Crippen LogP contribution in [0, 0.1) is 0 Å². The summed E-state index contributed by atoms with van der Waals surface area (Å²) >= 11 is 0. The van der Waals surface area contributed by atoms with Crippen LogP contribution in [0.1, 0.15) is 30.0 Å². The first-order chi connectivity index (χ1) is 16.8. The molecular formula is C29H34N2O3. The minimum atomic E-state index is 0.115. The van der Waals surface area contributed by atoms with E-state index in [4.69, 9.17) is 14.2 Å². The highest BCUT2D eigenvalue weighted by Crippen LogP contribution is 2.40. The molecule has 0 spiro atoms. The van der Waals surface area contributed by atoms with Crippen molar-refractivity contribution in [2.45, 2.75) is 31.5 Å². The lowest BCUT2D eigenvalue weighted by Gasteiger charge is -2.42. The Morgan fingerprint density at radius 2 is 1.74 bits per heavy atom. The summed E-state index contributed by atoms with van der Waals surface area (Å²) in [7, 11) is 1.72. The number of rotatable bonds is 9. The molecule has 1 saturated heterocycles. The van der Waals surface area contributed by atoms with E-state index in [9.17, 15) is 0 Å². The number of benzene rings is 3. The number of hydrogen-bond donors (Lipinski definition) is 0. The van der Waals surface area contributed by atoms with E-state index in [2.05, 4.69) is 70.5 Å². The van der Waals surface area contributed by atoms with Crippen molar-refractivity contribution < 1.29 is 14.2 Å². The maximum Gasteiger partial charge on any atom is 0.142 e. The largest absolute Gasteiger partial charge is 0.497 e. The summed E-state index contributed by atoms with van der Waals surface area (Å²) in [6.45, 7) is 5.12. The van der Waals surface area contributed by atoms with Gasteiger partial charge in [0.15, 0.2) is 0 Å². The van der Waals surface area contributed by atoms with Gasteiger partial charge in [-0.1, -0.05) is 54.6 Å². The molecule has 2 atom stereocenters. The maximum absolute atomic E-state index is 6.28. The van der Waals surface area contributed by atoms with Gasteiger partial charge in [0, 0.05) is 6.54 Å². The Kier molecular flexibility index (Phi) is 7.32. The van der Waals surface area contributed by atoms with Crippen molar-refractivity contribution in [2.24, 2.45) is 0 Å². The van der Waals surface area contributed by atoms with Gasteiger partial charge in [-0.15, -0.1) is 0 Å². The van der Waals surface area contributed by atoms with Crippen LogP contribution in [0.3, 0.4) is 0 Å². The average molecular weight is 459 g/mol.